The normalized spacial score (nSPS) is 10.6. The van der Waals surface area contributed by atoms with E-state index >= 15 is 0 Å². The number of Topliss-reactive ketones (excluding diaryl/α,β-unsaturated/α-hetero) is 1. The molecule has 0 bridgehead atoms. The topological polar surface area (TPSA) is 17.1 Å². The van der Waals surface area contributed by atoms with Crippen molar-refractivity contribution in [2.45, 2.75) is 12.8 Å². The predicted molar refractivity (Wildman–Crippen MR) is 90.2 cm³/mol. The highest BCUT2D eigenvalue weighted by molar-refractivity contribution is 6.03. The third-order valence-electron chi connectivity index (χ3n) is 3.86. The van der Waals surface area contributed by atoms with E-state index in [-0.39, 0.29) is 11.7 Å². The molecule has 3 rings (SSSR count). The maximum atomic E-state index is 13.1. The molecule has 108 valence electrons. The Labute approximate surface area is 131 Å². The first-order valence-electron chi connectivity index (χ1n) is 7.46. The van der Waals surface area contributed by atoms with E-state index in [0.717, 1.165) is 22.3 Å². The van der Waals surface area contributed by atoms with Crippen LogP contribution >= 0.6 is 0 Å². The molecule has 0 radical (unpaired) electrons. The molecule has 0 aliphatic heterocycles. The minimum Gasteiger partial charge on any atom is -0.293 e. The lowest BCUT2D eigenvalue weighted by atomic mass is 9.85. The van der Waals surface area contributed by atoms with Gasteiger partial charge in [0.05, 0.1) is 5.92 Å². The third-order valence-corrected chi connectivity index (χ3v) is 3.86. The van der Waals surface area contributed by atoms with Crippen LogP contribution in [0, 0.1) is 6.92 Å². The van der Waals surface area contributed by atoms with Crippen molar-refractivity contribution in [1.82, 2.24) is 0 Å². The average molecular weight is 286 g/mol. The first-order chi connectivity index (χ1) is 10.8. The summed E-state index contributed by atoms with van der Waals surface area (Å²) < 4.78 is 0. The summed E-state index contributed by atoms with van der Waals surface area (Å²) in [5.74, 6) is -0.123. The van der Waals surface area contributed by atoms with Crippen LogP contribution in [0.25, 0.3) is 0 Å². The molecule has 0 aliphatic rings. The number of aryl methyl sites for hydroxylation is 1. The Hall–Kier alpha value is -2.67. The molecule has 1 heteroatoms. The summed E-state index contributed by atoms with van der Waals surface area (Å²) in [5.41, 5.74) is 3.97. The van der Waals surface area contributed by atoms with Gasteiger partial charge in [-0.15, -0.1) is 0 Å². The van der Waals surface area contributed by atoms with Gasteiger partial charge in [-0.1, -0.05) is 90.5 Å². The van der Waals surface area contributed by atoms with Gasteiger partial charge in [0.15, 0.2) is 5.78 Å². The van der Waals surface area contributed by atoms with Gasteiger partial charge in [0.2, 0.25) is 0 Å². The molecule has 0 saturated heterocycles. The van der Waals surface area contributed by atoms with Crippen molar-refractivity contribution in [3.05, 3.63) is 107 Å². The Kier molecular flexibility index (Phi) is 4.15. The van der Waals surface area contributed by atoms with Crippen molar-refractivity contribution in [3.63, 3.8) is 0 Å². The van der Waals surface area contributed by atoms with Gasteiger partial charge in [-0.05, 0) is 18.1 Å². The lowest BCUT2D eigenvalue weighted by Gasteiger charge is -2.17. The Bertz CT molecular complexity index is 703. The summed E-state index contributed by atoms with van der Waals surface area (Å²) in [5, 5.41) is 0. The second-order valence-electron chi connectivity index (χ2n) is 5.48. The van der Waals surface area contributed by atoms with E-state index in [1.165, 1.54) is 0 Å². The van der Waals surface area contributed by atoms with Crippen LogP contribution in [0.4, 0.5) is 0 Å². The highest BCUT2D eigenvalue weighted by Gasteiger charge is 2.23. The van der Waals surface area contributed by atoms with E-state index in [1.807, 2.05) is 91.9 Å². The first-order valence-corrected chi connectivity index (χ1v) is 7.46. The Morgan fingerprint density at radius 1 is 0.682 bits per heavy atom. The molecule has 22 heavy (non-hydrogen) atoms. The summed E-state index contributed by atoms with van der Waals surface area (Å²) in [7, 11) is 0. The third kappa shape index (κ3) is 2.99. The maximum Gasteiger partial charge on any atom is 0.174 e. The van der Waals surface area contributed by atoms with Crippen LogP contribution < -0.4 is 0 Å². The second-order valence-corrected chi connectivity index (χ2v) is 5.48. The minimum atomic E-state index is -0.259. The molecule has 0 atom stereocenters. The molecule has 1 nitrogen and oxygen atoms in total. The summed E-state index contributed by atoms with van der Waals surface area (Å²) in [6.07, 6.45) is 0. The van der Waals surface area contributed by atoms with Gasteiger partial charge in [0.1, 0.15) is 0 Å². The van der Waals surface area contributed by atoms with Crippen LogP contribution in [-0.4, -0.2) is 5.78 Å². The van der Waals surface area contributed by atoms with Crippen LogP contribution in [-0.2, 0) is 0 Å². The van der Waals surface area contributed by atoms with E-state index in [9.17, 15) is 4.79 Å². The molecule has 3 aromatic carbocycles. The number of rotatable bonds is 4. The van der Waals surface area contributed by atoms with Crippen molar-refractivity contribution < 1.29 is 4.79 Å². The molecule has 0 saturated carbocycles. The zero-order chi connectivity index (χ0) is 15.4. The predicted octanol–water partition coefficient (Wildman–Crippen LogP) is 5.01. The standard InChI is InChI=1S/C21H18O/c1-16-12-14-19(15-13-16)21(22)20(17-8-4-2-5-9-17)18-10-6-3-7-11-18/h2-15,20H,1H3. The smallest absolute Gasteiger partial charge is 0.174 e. The zero-order valence-electron chi connectivity index (χ0n) is 12.6. The lowest BCUT2D eigenvalue weighted by molar-refractivity contribution is 0.0974. The monoisotopic (exact) mass is 286 g/mol. The minimum absolute atomic E-state index is 0.136. The molecule has 0 unspecified atom stereocenters. The molecular formula is C21H18O. The molecule has 0 heterocycles. The van der Waals surface area contributed by atoms with Crippen LogP contribution in [0.1, 0.15) is 33.0 Å². The molecular weight excluding hydrogens is 268 g/mol. The van der Waals surface area contributed by atoms with Gasteiger partial charge in [-0.25, -0.2) is 0 Å². The van der Waals surface area contributed by atoms with Crippen molar-refractivity contribution in [3.8, 4) is 0 Å². The number of ketones is 1. The Morgan fingerprint density at radius 2 is 1.14 bits per heavy atom. The van der Waals surface area contributed by atoms with E-state index < -0.39 is 0 Å². The number of hydrogen-bond acceptors (Lipinski definition) is 1. The Morgan fingerprint density at radius 3 is 1.59 bits per heavy atom. The molecule has 0 spiro atoms. The van der Waals surface area contributed by atoms with Crippen LogP contribution in [0.5, 0.6) is 0 Å². The maximum absolute atomic E-state index is 13.1. The summed E-state index contributed by atoms with van der Waals surface area (Å²) in [6, 6.07) is 27.7. The quantitative estimate of drug-likeness (QED) is 0.616. The number of hydrogen-bond donors (Lipinski definition) is 0. The van der Waals surface area contributed by atoms with Crippen LogP contribution in [0.3, 0.4) is 0 Å². The van der Waals surface area contributed by atoms with Crippen molar-refractivity contribution in [2.24, 2.45) is 0 Å². The fourth-order valence-electron chi connectivity index (χ4n) is 2.67. The van der Waals surface area contributed by atoms with Crippen LogP contribution in [0.2, 0.25) is 0 Å². The highest BCUT2D eigenvalue weighted by atomic mass is 16.1. The SMILES string of the molecule is Cc1ccc(C(=O)C(c2ccccc2)c2ccccc2)cc1. The van der Waals surface area contributed by atoms with E-state index in [2.05, 4.69) is 0 Å². The summed E-state index contributed by atoms with van der Waals surface area (Å²) >= 11 is 0. The van der Waals surface area contributed by atoms with Gasteiger partial charge in [-0.2, -0.15) is 0 Å². The summed E-state index contributed by atoms with van der Waals surface area (Å²) in [6.45, 7) is 2.03. The number of carbonyl (C=O) groups excluding carboxylic acids is 1. The molecule has 0 fully saturated rings. The number of carbonyl (C=O) groups is 1. The van der Waals surface area contributed by atoms with Crippen molar-refractivity contribution in [2.75, 3.05) is 0 Å². The molecule has 3 aromatic rings. The second kappa shape index (κ2) is 6.40. The molecule has 0 N–H and O–H groups in total. The fraction of sp³-hybridized carbons (Fsp3) is 0.0952. The lowest BCUT2D eigenvalue weighted by Crippen LogP contribution is -2.14. The van der Waals surface area contributed by atoms with Crippen molar-refractivity contribution in [1.29, 1.82) is 0 Å². The summed E-state index contributed by atoms with van der Waals surface area (Å²) in [4.78, 5) is 13.1. The average Bonchev–Trinajstić information content (AvgIpc) is 2.57. The number of benzene rings is 3. The molecule has 0 aliphatic carbocycles. The first kappa shape index (κ1) is 14.3. The van der Waals surface area contributed by atoms with Gasteiger partial charge < -0.3 is 0 Å². The van der Waals surface area contributed by atoms with Crippen LogP contribution in [0.15, 0.2) is 84.9 Å². The van der Waals surface area contributed by atoms with E-state index in [1.54, 1.807) is 0 Å². The largest absolute Gasteiger partial charge is 0.293 e. The van der Waals surface area contributed by atoms with Gasteiger partial charge in [0.25, 0.3) is 0 Å². The van der Waals surface area contributed by atoms with Gasteiger partial charge >= 0.3 is 0 Å². The highest BCUT2D eigenvalue weighted by Crippen LogP contribution is 2.28. The molecule has 0 aromatic heterocycles. The molecule has 0 amide bonds. The van der Waals surface area contributed by atoms with Gasteiger partial charge in [-0.3, -0.25) is 4.79 Å². The zero-order valence-corrected chi connectivity index (χ0v) is 12.6. The van der Waals surface area contributed by atoms with E-state index in [0.29, 0.717) is 0 Å². The van der Waals surface area contributed by atoms with E-state index in [4.69, 9.17) is 0 Å². The van der Waals surface area contributed by atoms with Crippen molar-refractivity contribution >= 4 is 5.78 Å². The fourth-order valence-corrected chi connectivity index (χ4v) is 2.67. The Balaban J connectivity index is 2.06. The van der Waals surface area contributed by atoms with Gasteiger partial charge in [0, 0.05) is 5.56 Å².